The van der Waals surface area contributed by atoms with E-state index < -0.39 is 0 Å². The maximum absolute atomic E-state index is 13.0. The van der Waals surface area contributed by atoms with Crippen molar-refractivity contribution in [3.8, 4) is 22.6 Å². The van der Waals surface area contributed by atoms with Gasteiger partial charge in [0.05, 0.1) is 5.69 Å². The Morgan fingerprint density at radius 3 is 2.62 bits per heavy atom. The summed E-state index contributed by atoms with van der Waals surface area (Å²) in [6.45, 7) is 2.22. The molecule has 0 amide bonds. The molecule has 0 spiro atoms. The first-order valence-electron chi connectivity index (χ1n) is 9.22. The maximum atomic E-state index is 13.0. The number of hydrogen-bond donors (Lipinski definition) is 0. The van der Waals surface area contributed by atoms with Gasteiger partial charge in [-0.3, -0.25) is 4.79 Å². The summed E-state index contributed by atoms with van der Waals surface area (Å²) in [6, 6.07) is 19.3. The zero-order chi connectivity index (χ0) is 19.8. The number of aryl methyl sites for hydroxylation is 1. The highest BCUT2D eigenvalue weighted by atomic mass is 16.5. The second-order valence-corrected chi connectivity index (χ2v) is 6.78. The van der Waals surface area contributed by atoms with Crippen LogP contribution in [0.1, 0.15) is 11.5 Å². The van der Waals surface area contributed by atoms with Crippen LogP contribution in [-0.2, 0) is 6.54 Å². The van der Waals surface area contributed by atoms with Crippen LogP contribution >= 0.6 is 0 Å². The van der Waals surface area contributed by atoms with E-state index in [2.05, 4.69) is 15.2 Å². The van der Waals surface area contributed by atoms with Gasteiger partial charge in [0, 0.05) is 23.5 Å². The van der Waals surface area contributed by atoms with Crippen LogP contribution in [0, 0.1) is 6.92 Å². The first-order chi connectivity index (χ1) is 14.2. The molecule has 142 valence electrons. The molecule has 29 heavy (non-hydrogen) atoms. The van der Waals surface area contributed by atoms with Gasteiger partial charge in [0.15, 0.2) is 0 Å². The molecule has 2 aromatic carbocycles. The van der Waals surface area contributed by atoms with Gasteiger partial charge in [0.1, 0.15) is 12.1 Å². The Morgan fingerprint density at radius 2 is 1.79 bits per heavy atom. The Kier molecular flexibility index (Phi) is 4.05. The van der Waals surface area contributed by atoms with Gasteiger partial charge in [0.2, 0.25) is 11.7 Å². The van der Waals surface area contributed by atoms with E-state index in [0.717, 1.165) is 22.4 Å². The molecular weight excluding hydrogens is 366 g/mol. The molecule has 7 heteroatoms. The number of nitrogens with zero attached hydrogens (tertiary/aromatic N) is 5. The van der Waals surface area contributed by atoms with Crippen molar-refractivity contribution in [2.24, 2.45) is 0 Å². The summed E-state index contributed by atoms with van der Waals surface area (Å²) in [5.41, 5.74) is 4.07. The highest BCUT2D eigenvalue weighted by Gasteiger charge is 2.13. The third-order valence-corrected chi connectivity index (χ3v) is 4.83. The van der Waals surface area contributed by atoms with Gasteiger partial charge in [-0.05, 0) is 18.6 Å². The Bertz CT molecular complexity index is 1370. The smallest absolute Gasteiger partial charge is 0.277 e. The minimum atomic E-state index is -0.167. The average Bonchev–Trinajstić information content (AvgIpc) is 3.39. The van der Waals surface area contributed by atoms with Gasteiger partial charge in [-0.15, -0.1) is 0 Å². The molecular formula is C22H17N5O2. The zero-order valence-corrected chi connectivity index (χ0v) is 15.7. The Labute approximate surface area is 165 Å². The summed E-state index contributed by atoms with van der Waals surface area (Å²) in [6.07, 6.45) is 3.43. The molecule has 0 radical (unpaired) electrons. The van der Waals surface area contributed by atoms with Gasteiger partial charge in [-0.2, -0.15) is 10.1 Å². The minimum Gasteiger partial charge on any atom is -0.337 e. The molecule has 5 rings (SSSR count). The summed E-state index contributed by atoms with van der Waals surface area (Å²) >= 11 is 0. The lowest BCUT2D eigenvalue weighted by molar-refractivity contribution is 0.370. The molecule has 0 saturated carbocycles. The molecule has 0 saturated heterocycles. The summed E-state index contributed by atoms with van der Waals surface area (Å²) in [7, 11) is 0. The minimum absolute atomic E-state index is 0.167. The number of aromatic nitrogens is 5. The first-order valence-corrected chi connectivity index (χ1v) is 9.22. The lowest BCUT2D eigenvalue weighted by Crippen LogP contribution is -2.21. The quantitative estimate of drug-likeness (QED) is 0.474. The molecule has 5 aromatic rings. The van der Waals surface area contributed by atoms with Crippen molar-refractivity contribution in [1.29, 1.82) is 0 Å². The fourth-order valence-electron chi connectivity index (χ4n) is 3.31. The van der Waals surface area contributed by atoms with E-state index in [1.54, 1.807) is 21.5 Å². The van der Waals surface area contributed by atoms with E-state index in [0.29, 0.717) is 17.2 Å². The highest BCUT2D eigenvalue weighted by molar-refractivity contribution is 5.68. The standard InChI is InChI=1S/C22H17N5O2/c1-15-7-5-6-10-17(15)18-13-19-22(28)26(11-12-27(19)24-18)14-20-23-21(25-29-20)16-8-3-2-4-9-16/h2-13H,14H2,1H3. The number of fused-ring (bicyclic) bond motifs is 1. The van der Waals surface area contributed by atoms with Crippen molar-refractivity contribution in [1.82, 2.24) is 24.3 Å². The van der Waals surface area contributed by atoms with E-state index in [1.165, 1.54) is 0 Å². The molecule has 0 unspecified atom stereocenters. The molecule has 0 atom stereocenters. The molecule has 0 aliphatic rings. The fraction of sp³-hybridized carbons (Fsp3) is 0.0909. The van der Waals surface area contributed by atoms with Crippen LogP contribution in [0.2, 0.25) is 0 Å². The van der Waals surface area contributed by atoms with Gasteiger partial charge >= 0.3 is 0 Å². The third-order valence-electron chi connectivity index (χ3n) is 4.83. The zero-order valence-electron chi connectivity index (χ0n) is 15.7. The molecule has 0 N–H and O–H groups in total. The van der Waals surface area contributed by atoms with E-state index in [4.69, 9.17) is 4.52 Å². The van der Waals surface area contributed by atoms with Crippen molar-refractivity contribution < 1.29 is 4.52 Å². The van der Waals surface area contributed by atoms with Crippen LogP contribution < -0.4 is 5.56 Å². The molecule has 0 aliphatic heterocycles. The van der Waals surface area contributed by atoms with Gasteiger partial charge in [0.25, 0.3) is 5.56 Å². The van der Waals surface area contributed by atoms with Crippen LogP contribution in [0.25, 0.3) is 28.2 Å². The SMILES string of the molecule is Cc1ccccc1-c1cc2c(=O)n(Cc3nc(-c4ccccc4)no3)ccn2n1. The molecule has 3 aromatic heterocycles. The monoisotopic (exact) mass is 383 g/mol. The van der Waals surface area contributed by atoms with E-state index in [-0.39, 0.29) is 12.1 Å². The number of rotatable bonds is 4. The van der Waals surface area contributed by atoms with E-state index in [9.17, 15) is 4.79 Å². The molecule has 7 nitrogen and oxygen atoms in total. The van der Waals surface area contributed by atoms with Crippen molar-refractivity contribution in [3.05, 3.63) is 94.9 Å². The third kappa shape index (κ3) is 3.12. The average molecular weight is 383 g/mol. The van der Waals surface area contributed by atoms with Crippen molar-refractivity contribution >= 4 is 5.52 Å². The second kappa shape index (κ2) is 6.87. The second-order valence-electron chi connectivity index (χ2n) is 6.78. The van der Waals surface area contributed by atoms with Crippen LogP contribution in [0.3, 0.4) is 0 Å². The van der Waals surface area contributed by atoms with Crippen molar-refractivity contribution in [3.63, 3.8) is 0 Å². The summed E-state index contributed by atoms with van der Waals surface area (Å²) in [5, 5.41) is 8.56. The fourth-order valence-corrected chi connectivity index (χ4v) is 3.31. The summed E-state index contributed by atoms with van der Waals surface area (Å²) in [4.78, 5) is 17.4. The number of hydrogen-bond acceptors (Lipinski definition) is 5. The number of benzene rings is 2. The maximum Gasteiger partial charge on any atom is 0.277 e. The Balaban J connectivity index is 1.49. The van der Waals surface area contributed by atoms with Crippen molar-refractivity contribution in [2.75, 3.05) is 0 Å². The van der Waals surface area contributed by atoms with Crippen LogP contribution in [0.4, 0.5) is 0 Å². The van der Waals surface area contributed by atoms with Crippen LogP contribution in [0.5, 0.6) is 0 Å². The van der Waals surface area contributed by atoms with E-state index in [1.807, 2.05) is 67.6 Å². The molecule has 3 heterocycles. The van der Waals surface area contributed by atoms with Gasteiger partial charge in [-0.25, -0.2) is 4.52 Å². The molecule has 0 aliphatic carbocycles. The van der Waals surface area contributed by atoms with Crippen LogP contribution in [0.15, 0.2) is 82.4 Å². The van der Waals surface area contributed by atoms with Crippen LogP contribution in [-0.4, -0.2) is 24.3 Å². The lowest BCUT2D eigenvalue weighted by Gasteiger charge is -2.02. The van der Waals surface area contributed by atoms with Gasteiger partial charge in [-0.1, -0.05) is 59.8 Å². The normalized spacial score (nSPS) is 11.2. The summed E-state index contributed by atoms with van der Waals surface area (Å²) < 4.78 is 8.48. The van der Waals surface area contributed by atoms with Gasteiger partial charge < -0.3 is 9.09 Å². The van der Waals surface area contributed by atoms with E-state index >= 15 is 0 Å². The predicted octanol–water partition coefficient (Wildman–Crippen LogP) is 3.57. The summed E-state index contributed by atoms with van der Waals surface area (Å²) in [5.74, 6) is 0.870. The molecule has 0 fully saturated rings. The molecule has 0 bridgehead atoms. The van der Waals surface area contributed by atoms with Crippen molar-refractivity contribution in [2.45, 2.75) is 13.5 Å². The Morgan fingerprint density at radius 1 is 1.00 bits per heavy atom. The topological polar surface area (TPSA) is 78.2 Å². The first kappa shape index (κ1) is 17.1. The lowest BCUT2D eigenvalue weighted by atomic mass is 10.1. The largest absolute Gasteiger partial charge is 0.337 e. The highest BCUT2D eigenvalue weighted by Crippen LogP contribution is 2.22. The Hall–Kier alpha value is -4.00. The predicted molar refractivity (Wildman–Crippen MR) is 108 cm³/mol.